The van der Waals surface area contributed by atoms with E-state index in [1.54, 1.807) is 4.68 Å². The van der Waals surface area contributed by atoms with Gasteiger partial charge < -0.3 is 5.11 Å². The summed E-state index contributed by atoms with van der Waals surface area (Å²) in [6, 6.07) is 14.2. The van der Waals surface area contributed by atoms with Crippen LogP contribution >= 0.6 is 0 Å². The number of nitrogens with zero attached hydrogens (tertiary/aromatic N) is 3. The van der Waals surface area contributed by atoms with E-state index in [9.17, 15) is 9.90 Å². The van der Waals surface area contributed by atoms with Crippen molar-refractivity contribution in [1.82, 2.24) is 15.0 Å². The number of fused-ring (bicyclic) bond motifs is 1. The number of hydrogen-bond donors (Lipinski definition) is 1. The zero-order valence-electron chi connectivity index (χ0n) is 13.4. The molecule has 3 rings (SSSR count). The largest absolute Gasteiger partial charge is 0.476 e. The quantitative estimate of drug-likeness (QED) is 0.804. The number of rotatable bonds is 3. The molecule has 23 heavy (non-hydrogen) atoms. The molecular weight excluding hydrogens is 290 g/mol. The lowest BCUT2D eigenvalue weighted by atomic mass is 9.90. The molecule has 0 aliphatic rings. The highest BCUT2D eigenvalue weighted by Gasteiger charge is 2.29. The molecule has 5 heteroatoms. The third-order valence-corrected chi connectivity index (χ3v) is 3.85. The lowest BCUT2D eigenvalue weighted by Crippen LogP contribution is -2.22. The molecule has 2 aromatic carbocycles. The van der Waals surface area contributed by atoms with Gasteiger partial charge >= 0.3 is 5.97 Å². The Morgan fingerprint density at radius 3 is 2.52 bits per heavy atom. The van der Waals surface area contributed by atoms with Crippen molar-refractivity contribution in [1.29, 1.82) is 0 Å². The number of aromatic nitrogens is 3. The van der Waals surface area contributed by atoms with Crippen molar-refractivity contribution in [2.24, 2.45) is 0 Å². The van der Waals surface area contributed by atoms with Crippen LogP contribution in [0.3, 0.4) is 0 Å². The fourth-order valence-corrected chi connectivity index (χ4v) is 2.90. The van der Waals surface area contributed by atoms with Gasteiger partial charge in [-0.05, 0) is 16.3 Å². The van der Waals surface area contributed by atoms with Gasteiger partial charge in [-0.1, -0.05) is 68.4 Å². The summed E-state index contributed by atoms with van der Waals surface area (Å²) in [4.78, 5) is 11.4. The summed E-state index contributed by atoms with van der Waals surface area (Å²) in [5, 5.41) is 19.6. The summed E-state index contributed by atoms with van der Waals surface area (Å²) in [5.74, 6) is -1.04. The molecule has 3 aromatic rings. The molecule has 0 bridgehead atoms. The molecule has 0 spiro atoms. The van der Waals surface area contributed by atoms with Crippen molar-refractivity contribution in [2.75, 3.05) is 0 Å². The molecule has 0 fully saturated rings. The molecule has 1 N–H and O–H groups in total. The molecule has 5 nitrogen and oxygen atoms in total. The monoisotopic (exact) mass is 309 g/mol. The summed E-state index contributed by atoms with van der Waals surface area (Å²) in [6.45, 7) is 6.40. The van der Waals surface area contributed by atoms with Crippen molar-refractivity contribution >= 4 is 16.7 Å². The summed E-state index contributed by atoms with van der Waals surface area (Å²) >= 11 is 0. The number of carboxylic acids is 1. The lowest BCUT2D eigenvalue weighted by Gasteiger charge is -2.20. The topological polar surface area (TPSA) is 68.0 Å². The van der Waals surface area contributed by atoms with E-state index < -0.39 is 5.97 Å². The van der Waals surface area contributed by atoms with E-state index in [-0.39, 0.29) is 11.1 Å². The number of hydrogen-bond acceptors (Lipinski definition) is 3. The van der Waals surface area contributed by atoms with Gasteiger partial charge in [0.25, 0.3) is 0 Å². The van der Waals surface area contributed by atoms with Gasteiger partial charge in [0.1, 0.15) is 0 Å². The first-order chi connectivity index (χ1) is 10.9. The number of carbonyl (C=O) groups is 1. The van der Waals surface area contributed by atoms with Gasteiger partial charge in [-0.25, -0.2) is 9.48 Å². The first-order valence-corrected chi connectivity index (χ1v) is 7.52. The van der Waals surface area contributed by atoms with Gasteiger partial charge in [-0.2, -0.15) is 0 Å². The highest BCUT2D eigenvalue weighted by molar-refractivity contribution is 5.87. The minimum Gasteiger partial charge on any atom is -0.476 e. The van der Waals surface area contributed by atoms with Gasteiger partial charge in [-0.3, -0.25) is 0 Å². The molecule has 0 saturated carbocycles. The predicted molar refractivity (Wildman–Crippen MR) is 88.7 cm³/mol. The Hall–Kier alpha value is -2.69. The Bertz CT molecular complexity index is 870. The lowest BCUT2D eigenvalue weighted by molar-refractivity contribution is 0.0687. The van der Waals surface area contributed by atoms with E-state index in [2.05, 4.69) is 28.5 Å². The molecule has 1 heterocycles. The second-order valence-corrected chi connectivity index (χ2v) is 6.64. The van der Waals surface area contributed by atoms with Crippen LogP contribution in [0.25, 0.3) is 10.8 Å². The molecule has 0 radical (unpaired) electrons. The van der Waals surface area contributed by atoms with Crippen LogP contribution in [0.2, 0.25) is 0 Å². The maximum Gasteiger partial charge on any atom is 0.358 e. The van der Waals surface area contributed by atoms with Crippen molar-refractivity contribution in [3.63, 3.8) is 0 Å². The summed E-state index contributed by atoms with van der Waals surface area (Å²) in [5.41, 5.74) is 1.40. The van der Waals surface area contributed by atoms with Crippen LogP contribution in [0.1, 0.15) is 42.5 Å². The number of aromatic carboxylic acids is 1. The minimum absolute atomic E-state index is 0.0257. The zero-order valence-corrected chi connectivity index (χ0v) is 13.4. The third-order valence-electron chi connectivity index (χ3n) is 3.85. The average molecular weight is 309 g/mol. The summed E-state index contributed by atoms with van der Waals surface area (Å²) in [6.07, 6.45) is 0. The van der Waals surface area contributed by atoms with E-state index in [4.69, 9.17) is 0 Å². The number of carboxylic acid groups (broad SMARTS) is 1. The first kappa shape index (κ1) is 15.2. The molecule has 0 atom stereocenters. The van der Waals surface area contributed by atoms with Gasteiger partial charge in [0.2, 0.25) is 0 Å². The molecule has 1 aromatic heterocycles. The third kappa shape index (κ3) is 2.82. The Morgan fingerprint density at radius 2 is 1.83 bits per heavy atom. The van der Waals surface area contributed by atoms with Crippen molar-refractivity contribution < 1.29 is 9.90 Å². The Morgan fingerprint density at radius 1 is 1.13 bits per heavy atom. The smallest absolute Gasteiger partial charge is 0.358 e. The maximum absolute atomic E-state index is 11.4. The summed E-state index contributed by atoms with van der Waals surface area (Å²) in [7, 11) is 0. The van der Waals surface area contributed by atoms with E-state index in [1.165, 1.54) is 0 Å². The molecule has 0 aliphatic carbocycles. The van der Waals surface area contributed by atoms with Crippen LogP contribution in [-0.2, 0) is 12.0 Å². The van der Waals surface area contributed by atoms with Gasteiger partial charge in [-0.15, -0.1) is 5.10 Å². The summed E-state index contributed by atoms with van der Waals surface area (Å²) < 4.78 is 1.70. The van der Waals surface area contributed by atoms with Crippen molar-refractivity contribution in [2.45, 2.75) is 32.7 Å². The van der Waals surface area contributed by atoms with Gasteiger partial charge in [0.05, 0.1) is 12.2 Å². The van der Waals surface area contributed by atoms with Crippen molar-refractivity contribution in [3.8, 4) is 0 Å². The highest BCUT2D eigenvalue weighted by Crippen LogP contribution is 2.26. The first-order valence-electron chi connectivity index (χ1n) is 7.52. The standard InChI is InChI=1S/C18H19N3O2/c1-18(2,3)16-15(17(22)23)19-20-21(16)11-13-9-6-8-12-7-4-5-10-14(12)13/h4-10H,11H2,1-3H3,(H,22,23). The second-order valence-electron chi connectivity index (χ2n) is 6.64. The normalized spacial score (nSPS) is 11.8. The fraction of sp³-hybridized carbons (Fsp3) is 0.278. The second kappa shape index (κ2) is 5.50. The molecule has 0 amide bonds. The van der Waals surface area contributed by atoms with Crippen LogP contribution in [-0.4, -0.2) is 26.1 Å². The van der Waals surface area contributed by atoms with Crippen molar-refractivity contribution in [3.05, 3.63) is 59.4 Å². The van der Waals surface area contributed by atoms with Crippen LogP contribution in [0.5, 0.6) is 0 Å². The van der Waals surface area contributed by atoms with Crippen LogP contribution in [0.15, 0.2) is 42.5 Å². The van der Waals surface area contributed by atoms with E-state index in [0.29, 0.717) is 12.2 Å². The average Bonchev–Trinajstić information content (AvgIpc) is 2.92. The van der Waals surface area contributed by atoms with Crippen LogP contribution in [0, 0.1) is 0 Å². The molecular formula is C18H19N3O2. The molecule has 0 unspecified atom stereocenters. The maximum atomic E-state index is 11.4. The van der Waals surface area contributed by atoms with Crippen LogP contribution < -0.4 is 0 Å². The zero-order chi connectivity index (χ0) is 16.6. The molecule has 0 saturated heterocycles. The van der Waals surface area contributed by atoms with E-state index >= 15 is 0 Å². The fourth-order valence-electron chi connectivity index (χ4n) is 2.90. The van der Waals surface area contributed by atoms with Gasteiger partial charge in [0, 0.05) is 5.41 Å². The van der Waals surface area contributed by atoms with Gasteiger partial charge in [0.15, 0.2) is 5.69 Å². The van der Waals surface area contributed by atoms with Crippen LogP contribution in [0.4, 0.5) is 0 Å². The molecule has 0 aliphatic heterocycles. The SMILES string of the molecule is CC(C)(C)c1c(C(=O)O)nnn1Cc1cccc2ccccc12. The van der Waals surface area contributed by atoms with E-state index in [0.717, 1.165) is 16.3 Å². The Labute approximate surface area is 134 Å². The predicted octanol–water partition coefficient (Wildman–Crippen LogP) is 3.48. The minimum atomic E-state index is -1.04. The van der Waals surface area contributed by atoms with E-state index in [1.807, 2.05) is 45.0 Å². The number of benzene rings is 2. The Kier molecular flexibility index (Phi) is 3.64. The Balaban J connectivity index is 2.11. The molecule has 118 valence electrons. The highest BCUT2D eigenvalue weighted by atomic mass is 16.4.